The van der Waals surface area contributed by atoms with Gasteiger partial charge < -0.3 is 15.5 Å². The van der Waals surface area contributed by atoms with E-state index in [1.165, 1.54) is 257 Å². The quantitative estimate of drug-likeness (QED) is 0.0421. The van der Waals surface area contributed by atoms with E-state index in [4.69, 9.17) is 0 Å². The maximum atomic E-state index is 12.5. The van der Waals surface area contributed by atoms with E-state index < -0.39 is 12.1 Å². The summed E-state index contributed by atoms with van der Waals surface area (Å²) in [6.07, 6.45) is 78.6. The Morgan fingerprint density at radius 1 is 0.354 bits per heavy atom. The Balaban J connectivity index is 3.53. The third-order valence-electron chi connectivity index (χ3n) is 13.5. The molecule has 0 fully saturated rings. The Labute approximate surface area is 407 Å². The number of rotatable bonds is 54. The molecule has 0 rings (SSSR count). The molecular weight excluding hydrogens is 795 g/mol. The highest BCUT2D eigenvalue weighted by Crippen LogP contribution is 2.17. The number of unbranched alkanes of at least 4 members (excludes halogenated alkanes) is 41. The Morgan fingerprint density at radius 3 is 0.892 bits per heavy atom. The molecule has 382 valence electrons. The summed E-state index contributed by atoms with van der Waals surface area (Å²) in [6.45, 7) is 4.33. The van der Waals surface area contributed by atoms with Gasteiger partial charge in [-0.25, -0.2) is 0 Å². The number of aliphatic hydroxyl groups is 2. The van der Waals surface area contributed by atoms with Crippen molar-refractivity contribution < 1.29 is 15.0 Å². The number of allylic oxidation sites excluding steroid dienone is 7. The van der Waals surface area contributed by atoms with Crippen LogP contribution in [0.4, 0.5) is 0 Å². The van der Waals surface area contributed by atoms with Crippen LogP contribution in [0.25, 0.3) is 0 Å². The second kappa shape index (κ2) is 56.7. The lowest BCUT2D eigenvalue weighted by Gasteiger charge is -2.19. The number of amides is 1. The number of carbonyl (C=O) groups excluding carboxylic acids is 1. The van der Waals surface area contributed by atoms with Crippen LogP contribution >= 0.6 is 0 Å². The first-order chi connectivity index (χ1) is 32.2. The molecule has 0 saturated heterocycles. The van der Waals surface area contributed by atoms with E-state index in [0.29, 0.717) is 6.42 Å². The second-order valence-corrected chi connectivity index (χ2v) is 20.0. The first-order valence-electron chi connectivity index (χ1n) is 29.4. The number of nitrogens with one attached hydrogen (secondary N) is 1. The highest BCUT2D eigenvalue weighted by Gasteiger charge is 2.18. The number of aliphatic hydroxyl groups excluding tert-OH is 2. The minimum absolute atomic E-state index is 0.0745. The van der Waals surface area contributed by atoms with Gasteiger partial charge in [-0.05, 0) is 70.6 Å². The van der Waals surface area contributed by atoms with Crippen LogP contribution in [0.2, 0.25) is 0 Å². The molecule has 0 saturated carbocycles. The second-order valence-electron chi connectivity index (χ2n) is 20.0. The molecule has 3 N–H and O–H groups in total. The van der Waals surface area contributed by atoms with Crippen molar-refractivity contribution in [2.75, 3.05) is 6.61 Å². The Kier molecular flexibility index (Phi) is 55.2. The molecule has 4 heteroatoms. The fraction of sp³-hybridized carbons (Fsp3) is 0.852. The van der Waals surface area contributed by atoms with Crippen molar-refractivity contribution in [2.45, 2.75) is 328 Å². The van der Waals surface area contributed by atoms with E-state index in [0.717, 1.165) is 38.5 Å². The zero-order valence-electron chi connectivity index (χ0n) is 44.0. The molecule has 0 aromatic carbocycles. The van der Waals surface area contributed by atoms with Gasteiger partial charge in [-0.1, -0.05) is 287 Å². The molecule has 0 radical (unpaired) electrons. The van der Waals surface area contributed by atoms with Gasteiger partial charge in [0.2, 0.25) is 5.91 Å². The lowest BCUT2D eigenvalue weighted by Crippen LogP contribution is -2.45. The average molecular weight is 911 g/mol. The molecule has 0 aromatic rings. The summed E-state index contributed by atoms with van der Waals surface area (Å²) >= 11 is 0. The lowest BCUT2D eigenvalue weighted by atomic mass is 10.0. The summed E-state index contributed by atoms with van der Waals surface area (Å²) in [4.78, 5) is 12.5. The first kappa shape index (κ1) is 63.4. The monoisotopic (exact) mass is 910 g/mol. The van der Waals surface area contributed by atoms with Crippen LogP contribution in [0.15, 0.2) is 48.6 Å². The molecule has 0 spiro atoms. The summed E-state index contributed by atoms with van der Waals surface area (Å²) in [5.74, 6) is -0.0745. The predicted octanol–water partition coefficient (Wildman–Crippen LogP) is 19.4. The van der Waals surface area contributed by atoms with Crippen molar-refractivity contribution >= 4 is 5.91 Å². The van der Waals surface area contributed by atoms with Gasteiger partial charge >= 0.3 is 0 Å². The minimum atomic E-state index is -0.872. The van der Waals surface area contributed by atoms with Gasteiger partial charge in [0.15, 0.2) is 0 Å². The fourth-order valence-corrected chi connectivity index (χ4v) is 9.03. The van der Waals surface area contributed by atoms with Gasteiger partial charge in [-0.3, -0.25) is 4.79 Å². The highest BCUT2D eigenvalue weighted by molar-refractivity contribution is 5.76. The summed E-state index contributed by atoms with van der Waals surface area (Å²) in [5, 5.41) is 23.2. The topological polar surface area (TPSA) is 69.6 Å². The molecule has 2 unspecified atom stereocenters. The van der Waals surface area contributed by atoms with Crippen molar-refractivity contribution in [1.82, 2.24) is 5.32 Å². The van der Waals surface area contributed by atoms with Crippen molar-refractivity contribution in [1.29, 1.82) is 0 Å². The molecule has 0 bridgehead atoms. The zero-order chi connectivity index (χ0) is 47.0. The highest BCUT2D eigenvalue weighted by atomic mass is 16.3. The van der Waals surface area contributed by atoms with E-state index in [-0.39, 0.29) is 12.5 Å². The normalized spacial score (nSPS) is 13.1. The third kappa shape index (κ3) is 53.2. The first-order valence-corrected chi connectivity index (χ1v) is 29.4. The number of carbonyl (C=O) groups is 1. The van der Waals surface area contributed by atoms with Gasteiger partial charge in [-0.15, -0.1) is 0 Å². The smallest absolute Gasteiger partial charge is 0.220 e. The molecule has 65 heavy (non-hydrogen) atoms. The van der Waals surface area contributed by atoms with Crippen LogP contribution in [0.5, 0.6) is 0 Å². The van der Waals surface area contributed by atoms with Crippen LogP contribution in [0, 0.1) is 0 Å². The fourth-order valence-electron chi connectivity index (χ4n) is 9.03. The van der Waals surface area contributed by atoms with Crippen LogP contribution in [-0.2, 0) is 4.79 Å². The van der Waals surface area contributed by atoms with Gasteiger partial charge in [0.1, 0.15) is 0 Å². The average Bonchev–Trinajstić information content (AvgIpc) is 3.31. The van der Waals surface area contributed by atoms with Crippen LogP contribution in [0.3, 0.4) is 0 Å². The molecule has 0 aliphatic carbocycles. The number of hydrogen-bond donors (Lipinski definition) is 3. The van der Waals surface area contributed by atoms with E-state index in [9.17, 15) is 15.0 Å². The molecule has 0 aromatic heterocycles. The molecule has 1 amide bonds. The van der Waals surface area contributed by atoms with E-state index >= 15 is 0 Å². The van der Waals surface area contributed by atoms with Crippen LogP contribution in [0.1, 0.15) is 316 Å². The molecule has 0 heterocycles. The van der Waals surface area contributed by atoms with Crippen molar-refractivity contribution in [3.8, 4) is 0 Å². The summed E-state index contributed by atoms with van der Waals surface area (Å²) in [7, 11) is 0. The van der Waals surface area contributed by atoms with E-state index in [1.54, 1.807) is 6.08 Å². The van der Waals surface area contributed by atoms with E-state index in [2.05, 4.69) is 55.6 Å². The van der Waals surface area contributed by atoms with E-state index in [1.807, 2.05) is 6.08 Å². The SMILES string of the molecule is CCCCCCCCCCCCCC/C=C\CCCCCCCCCCCCCCCC(=O)NC(CO)C(O)/C=C/CC/C=C/CC/C=C/CCCCCCCCCCCCCCCC. The van der Waals surface area contributed by atoms with Gasteiger partial charge in [-0.2, -0.15) is 0 Å². The Morgan fingerprint density at radius 2 is 0.600 bits per heavy atom. The Hall–Kier alpha value is -1.65. The lowest BCUT2D eigenvalue weighted by molar-refractivity contribution is -0.123. The van der Waals surface area contributed by atoms with Gasteiger partial charge in [0.05, 0.1) is 18.8 Å². The van der Waals surface area contributed by atoms with Gasteiger partial charge in [0, 0.05) is 6.42 Å². The summed E-state index contributed by atoms with van der Waals surface area (Å²) in [5.41, 5.74) is 0. The maximum absolute atomic E-state index is 12.5. The molecule has 2 atom stereocenters. The van der Waals surface area contributed by atoms with Crippen molar-refractivity contribution in [2.24, 2.45) is 0 Å². The van der Waals surface area contributed by atoms with Crippen molar-refractivity contribution in [3.63, 3.8) is 0 Å². The predicted molar refractivity (Wildman–Crippen MR) is 290 cm³/mol. The standard InChI is InChI=1S/C61H115NO3/c1-3-5-7-9-11-13-15-17-19-21-23-25-27-29-30-31-32-33-35-37-39-41-43-45-47-49-51-53-55-57-61(65)62-59(58-63)60(64)56-54-52-50-48-46-44-42-40-38-36-34-28-26-24-22-20-18-16-14-12-10-8-6-4-2/h29-30,38,40,46,48,54,56,59-60,63-64H,3-28,31-37,39,41-45,47,49-53,55,57-58H2,1-2H3,(H,62,65)/b30-29-,40-38+,48-46+,56-54+. The van der Waals surface area contributed by atoms with Crippen molar-refractivity contribution in [3.05, 3.63) is 48.6 Å². The zero-order valence-corrected chi connectivity index (χ0v) is 44.0. The minimum Gasteiger partial charge on any atom is -0.394 e. The molecular formula is C61H115NO3. The largest absolute Gasteiger partial charge is 0.394 e. The van der Waals surface area contributed by atoms with Crippen LogP contribution in [-0.4, -0.2) is 34.9 Å². The summed E-state index contributed by atoms with van der Waals surface area (Å²) in [6, 6.07) is -0.647. The molecule has 0 aliphatic rings. The molecule has 4 nitrogen and oxygen atoms in total. The summed E-state index contributed by atoms with van der Waals surface area (Å²) < 4.78 is 0. The molecule has 0 aliphatic heterocycles. The van der Waals surface area contributed by atoms with Gasteiger partial charge in [0.25, 0.3) is 0 Å². The third-order valence-corrected chi connectivity index (χ3v) is 13.5. The number of hydrogen-bond acceptors (Lipinski definition) is 3. The van der Waals surface area contributed by atoms with Crippen LogP contribution < -0.4 is 5.32 Å². The Bertz CT molecular complexity index is 1030. The maximum Gasteiger partial charge on any atom is 0.220 e.